The Morgan fingerprint density at radius 3 is 2.72 bits per heavy atom. The molecule has 100 valence electrons. The lowest BCUT2D eigenvalue weighted by Gasteiger charge is -2.18. The van der Waals surface area contributed by atoms with Crippen LogP contribution in [0.3, 0.4) is 0 Å². The largest absolute Gasteiger partial charge is 0.327 e. The first kappa shape index (κ1) is 14.1. The first-order valence-corrected chi connectivity index (χ1v) is 6.83. The summed E-state index contributed by atoms with van der Waals surface area (Å²) in [7, 11) is 0. The highest BCUT2D eigenvalue weighted by molar-refractivity contribution is 6.31. The number of benzene rings is 1. The van der Waals surface area contributed by atoms with E-state index in [9.17, 15) is 0 Å². The highest BCUT2D eigenvalue weighted by Gasteiger charge is 2.40. The molecular formula is C14H20Cl2N2. The third-order valence-corrected chi connectivity index (χ3v) is 4.71. The van der Waals surface area contributed by atoms with Crippen LogP contribution in [0.4, 0.5) is 0 Å². The molecule has 0 aromatic heterocycles. The zero-order valence-corrected chi connectivity index (χ0v) is 12.0. The van der Waals surface area contributed by atoms with Gasteiger partial charge in [-0.2, -0.15) is 0 Å². The molecular weight excluding hydrogens is 267 g/mol. The Morgan fingerprint density at radius 2 is 2.00 bits per heavy atom. The van der Waals surface area contributed by atoms with E-state index in [0.29, 0.717) is 6.04 Å². The second-order valence-electron chi connectivity index (χ2n) is 5.45. The van der Waals surface area contributed by atoms with Crippen molar-refractivity contribution < 1.29 is 0 Å². The van der Waals surface area contributed by atoms with E-state index in [1.165, 1.54) is 24.9 Å². The maximum Gasteiger partial charge on any atom is 0.0451 e. The first-order chi connectivity index (χ1) is 8.24. The standard InChI is InChI=1S/C14H19ClN2.ClH/c15-13-4-2-1-3-11(13)8-17-7-10-5-6-14(16)12(10)9-17;/h1-4,10,12,14H,5-9,16H2;1H. The number of rotatable bonds is 2. The lowest BCUT2D eigenvalue weighted by molar-refractivity contribution is 0.298. The molecule has 3 atom stereocenters. The van der Waals surface area contributed by atoms with E-state index in [4.69, 9.17) is 17.3 Å². The van der Waals surface area contributed by atoms with Crippen molar-refractivity contribution in [3.63, 3.8) is 0 Å². The summed E-state index contributed by atoms with van der Waals surface area (Å²) in [5, 5.41) is 0.883. The summed E-state index contributed by atoms with van der Waals surface area (Å²) in [6.07, 6.45) is 2.53. The molecule has 2 nitrogen and oxygen atoms in total. The molecule has 1 heterocycles. The van der Waals surface area contributed by atoms with Gasteiger partial charge in [0, 0.05) is 30.7 Å². The highest BCUT2D eigenvalue weighted by atomic mass is 35.5. The van der Waals surface area contributed by atoms with E-state index in [0.717, 1.165) is 29.9 Å². The fraction of sp³-hybridized carbons (Fsp3) is 0.571. The summed E-state index contributed by atoms with van der Waals surface area (Å²) >= 11 is 6.20. The van der Waals surface area contributed by atoms with E-state index >= 15 is 0 Å². The van der Waals surface area contributed by atoms with Crippen LogP contribution >= 0.6 is 24.0 Å². The van der Waals surface area contributed by atoms with Gasteiger partial charge >= 0.3 is 0 Å². The second kappa shape index (κ2) is 5.79. The molecule has 0 radical (unpaired) electrons. The molecule has 4 heteroatoms. The van der Waals surface area contributed by atoms with Crippen LogP contribution in [-0.2, 0) is 6.54 Å². The number of nitrogens with two attached hydrogens (primary N) is 1. The second-order valence-corrected chi connectivity index (χ2v) is 5.86. The van der Waals surface area contributed by atoms with Crippen molar-refractivity contribution in [2.24, 2.45) is 17.6 Å². The van der Waals surface area contributed by atoms with Crippen LogP contribution in [-0.4, -0.2) is 24.0 Å². The zero-order valence-electron chi connectivity index (χ0n) is 10.4. The Kier molecular flexibility index (Phi) is 4.54. The molecule has 1 saturated carbocycles. The van der Waals surface area contributed by atoms with E-state index in [1.807, 2.05) is 12.1 Å². The average molecular weight is 287 g/mol. The van der Waals surface area contributed by atoms with Gasteiger partial charge in [-0.05, 0) is 36.3 Å². The van der Waals surface area contributed by atoms with Crippen molar-refractivity contribution in [1.82, 2.24) is 4.90 Å². The van der Waals surface area contributed by atoms with Gasteiger partial charge in [-0.25, -0.2) is 0 Å². The van der Waals surface area contributed by atoms with Gasteiger partial charge in [0.25, 0.3) is 0 Å². The summed E-state index contributed by atoms with van der Waals surface area (Å²) in [4.78, 5) is 2.51. The average Bonchev–Trinajstić information content (AvgIpc) is 2.85. The van der Waals surface area contributed by atoms with Crippen molar-refractivity contribution in [3.8, 4) is 0 Å². The SMILES string of the molecule is Cl.NC1CCC2CN(Cc3ccccc3Cl)CC12. The maximum atomic E-state index is 6.20. The van der Waals surface area contributed by atoms with Crippen molar-refractivity contribution in [3.05, 3.63) is 34.9 Å². The van der Waals surface area contributed by atoms with Crippen LogP contribution in [0.15, 0.2) is 24.3 Å². The number of nitrogens with zero attached hydrogens (tertiary/aromatic N) is 1. The van der Waals surface area contributed by atoms with Gasteiger partial charge in [-0.15, -0.1) is 12.4 Å². The van der Waals surface area contributed by atoms with Crippen molar-refractivity contribution in [2.45, 2.75) is 25.4 Å². The fourth-order valence-electron chi connectivity index (χ4n) is 3.40. The molecule has 18 heavy (non-hydrogen) atoms. The summed E-state index contributed by atoms with van der Waals surface area (Å²) in [6.45, 7) is 3.32. The fourth-order valence-corrected chi connectivity index (χ4v) is 3.59. The van der Waals surface area contributed by atoms with Gasteiger partial charge in [-0.3, -0.25) is 4.90 Å². The van der Waals surface area contributed by atoms with Gasteiger partial charge in [0.05, 0.1) is 0 Å². The van der Waals surface area contributed by atoms with E-state index in [2.05, 4.69) is 17.0 Å². The minimum atomic E-state index is 0. The monoisotopic (exact) mass is 286 g/mol. The summed E-state index contributed by atoms with van der Waals surface area (Å²) in [5.41, 5.74) is 7.39. The van der Waals surface area contributed by atoms with Crippen LogP contribution in [0.25, 0.3) is 0 Å². The first-order valence-electron chi connectivity index (χ1n) is 6.45. The number of likely N-dealkylation sites (tertiary alicyclic amines) is 1. The predicted octanol–water partition coefficient (Wildman–Crippen LogP) is 2.93. The van der Waals surface area contributed by atoms with E-state index < -0.39 is 0 Å². The minimum absolute atomic E-state index is 0. The Bertz CT molecular complexity index is 411. The van der Waals surface area contributed by atoms with Crippen molar-refractivity contribution in [2.75, 3.05) is 13.1 Å². The third-order valence-electron chi connectivity index (χ3n) is 4.34. The molecule has 3 unspecified atom stereocenters. The summed E-state index contributed by atoms with van der Waals surface area (Å²) < 4.78 is 0. The molecule has 0 spiro atoms. The molecule has 1 aliphatic heterocycles. The molecule has 1 saturated heterocycles. The van der Waals surface area contributed by atoms with Gasteiger partial charge < -0.3 is 5.73 Å². The molecule has 2 aliphatic rings. The van der Waals surface area contributed by atoms with Crippen LogP contribution in [0, 0.1) is 11.8 Å². The topological polar surface area (TPSA) is 29.3 Å². The maximum absolute atomic E-state index is 6.20. The number of fused-ring (bicyclic) bond motifs is 1. The van der Waals surface area contributed by atoms with Gasteiger partial charge in [0.2, 0.25) is 0 Å². The smallest absolute Gasteiger partial charge is 0.0451 e. The summed E-state index contributed by atoms with van der Waals surface area (Å²) in [6, 6.07) is 8.57. The van der Waals surface area contributed by atoms with Crippen LogP contribution < -0.4 is 5.73 Å². The molecule has 2 fully saturated rings. The van der Waals surface area contributed by atoms with Crippen molar-refractivity contribution >= 4 is 24.0 Å². The predicted molar refractivity (Wildman–Crippen MR) is 78.2 cm³/mol. The third kappa shape index (κ3) is 2.67. The number of hydrogen-bond acceptors (Lipinski definition) is 2. The molecule has 2 N–H and O–H groups in total. The highest BCUT2D eigenvalue weighted by Crippen LogP contribution is 2.37. The van der Waals surface area contributed by atoms with Crippen molar-refractivity contribution in [1.29, 1.82) is 0 Å². The van der Waals surface area contributed by atoms with Gasteiger partial charge in [-0.1, -0.05) is 29.8 Å². The Morgan fingerprint density at radius 1 is 1.22 bits per heavy atom. The number of halogens is 2. The quantitative estimate of drug-likeness (QED) is 0.906. The Hall–Kier alpha value is -0.280. The lowest BCUT2D eigenvalue weighted by atomic mass is 9.98. The van der Waals surface area contributed by atoms with Gasteiger partial charge in [0.15, 0.2) is 0 Å². The zero-order chi connectivity index (χ0) is 11.8. The van der Waals surface area contributed by atoms with E-state index in [1.54, 1.807) is 0 Å². The molecule has 3 rings (SSSR count). The molecule has 1 aromatic rings. The number of hydrogen-bond donors (Lipinski definition) is 1. The lowest BCUT2D eigenvalue weighted by Crippen LogP contribution is -2.30. The van der Waals surface area contributed by atoms with Crippen LogP contribution in [0.1, 0.15) is 18.4 Å². The summed E-state index contributed by atoms with van der Waals surface area (Å²) in [5.74, 6) is 1.55. The molecule has 0 bridgehead atoms. The normalized spacial score (nSPS) is 31.1. The van der Waals surface area contributed by atoms with Crippen LogP contribution in [0.2, 0.25) is 5.02 Å². The minimum Gasteiger partial charge on any atom is -0.327 e. The van der Waals surface area contributed by atoms with E-state index in [-0.39, 0.29) is 12.4 Å². The Labute approximate surface area is 120 Å². The Balaban J connectivity index is 0.00000120. The molecule has 1 aliphatic carbocycles. The van der Waals surface area contributed by atoms with Crippen LogP contribution in [0.5, 0.6) is 0 Å². The molecule has 0 amide bonds. The molecule has 1 aromatic carbocycles. The van der Waals surface area contributed by atoms with Gasteiger partial charge in [0.1, 0.15) is 0 Å².